The number of rotatable bonds is 7. The molecule has 52 heavy (non-hydrogen) atoms. The number of nitrogens with one attached hydrogen (secondary N) is 1. The van der Waals surface area contributed by atoms with Crippen molar-refractivity contribution in [2.75, 3.05) is 31.6 Å². The fourth-order valence-electron chi connectivity index (χ4n) is 7.86. The Bertz CT molecular complexity index is 2350. The number of aryl methyl sites for hydroxylation is 2. The van der Waals surface area contributed by atoms with Gasteiger partial charge < -0.3 is 19.5 Å². The Balaban J connectivity index is 1.84. The van der Waals surface area contributed by atoms with E-state index < -0.39 is 28.4 Å². The van der Waals surface area contributed by atoms with Gasteiger partial charge in [0.2, 0.25) is 11.7 Å². The molecule has 1 fully saturated rings. The summed E-state index contributed by atoms with van der Waals surface area (Å²) in [5.74, 6) is -2.70. The van der Waals surface area contributed by atoms with Crippen LogP contribution in [0.1, 0.15) is 46.6 Å². The van der Waals surface area contributed by atoms with Gasteiger partial charge in [-0.1, -0.05) is 40.3 Å². The third-order valence-electron chi connectivity index (χ3n) is 10.3. The van der Waals surface area contributed by atoms with E-state index in [1.54, 1.807) is 31.0 Å². The number of piperazine rings is 1. The maximum Gasteiger partial charge on any atom is 0.326 e. The number of ether oxygens (including phenoxy) is 1. The van der Waals surface area contributed by atoms with E-state index in [0.29, 0.717) is 41.0 Å². The van der Waals surface area contributed by atoms with Crippen molar-refractivity contribution in [1.82, 2.24) is 19.0 Å². The van der Waals surface area contributed by atoms with Crippen molar-refractivity contribution in [3.8, 4) is 16.9 Å². The molecule has 0 bridgehead atoms. The average molecular weight is 714 g/mol. The van der Waals surface area contributed by atoms with Crippen LogP contribution in [0.15, 0.2) is 56.1 Å². The van der Waals surface area contributed by atoms with Crippen LogP contribution >= 0.6 is 0 Å². The Kier molecular flexibility index (Phi) is 9.58. The first-order valence-electron chi connectivity index (χ1n) is 17.5. The fourth-order valence-corrected chi connectivity index (χ4v) is 7.86. The van der Waals surface area contributed by atoms with Gasteiger partial charge in [-0.25, -0.2) is 13.6 Å². The van der Waals surface area contributed by atoms with Crippen LogP contribution in [0.4, 0.5) is 14.5 Å². The molecule has 6 rings (SSSR count). The van der Waals surface area contributed by atoms with Gasteiger partial charge in [-0.15, -0.1) is 0 Å². The lowest BCUT2D eigenvalue weighted by molar-refractivity contribution is -0.129. The summed E-state index contributed by atoms with van der Waals surface area (Å²) in [6.07, 6.45) is 1.71. The zero-order valence-electron chi connectivity index (χ0n) is 30.9. The van der Waals surface area contributed by atoms with Crippen molar-refractivity contribution in [2.45, 2.75) is 60.0 Å². The lowest BCUT2D eigenvalue weighted by Crippen LogP contribution is -2.59. The number of H-pyrrole nitrogens is 1. The summed E-state index contributed by atoms with van der Waals surface area (Å²) in [7, 11) is 3.13. The number of aliphatic imine (C=N–C) groups is 2. The molecule has 2 aromatic carbocycles. The second kappa shape index (κ2) is 13.7. The number of halogens is 2. The molecule has 2 unspecified atom stereocenters. The van der Waals surface area contributed by atoms with E-state index in [-0.39, 0.29) is 76.6 Å². The Morgan fingerprint density at radius 3 is 2.42 bits per heavy atom. The number of hydrogen-bond acceptors (Lipinski definition) is 7. The minimum Gasteiger partial charge on any atom is -0.486 e. The van der Waals surface area contributed by atoms with E-state index >= 15 is 13.6 Å². The number of carbonyl (C=O) groups excluding carboxylic acids is 1. The van der Waals surface area contributed by atoms with E-state index in [9.17, 15) is 9.59 Å². The van der Waals surface area contributed by atoms with Crippen LogP contribution < -0.4 is 20.9 Å². The standard InChI is InChI=1S/C39H45F2N7O4/c1-11-27(49)46-18-23-14-15-52-37-34(47(23)17-22(46)7)24-16-25(40)29(28-21(6)12-13-26-35(28)45(10)39(51)44-26)30(41)33(24)48(38(37)50)36(31(42-8)19(2)3)32(43-9)20(4)5/h11-13,16,19-20,22-23H,1,8,14-15,17-18H2,2-7,9-10H3,(H,44,51)/b36-31+,43-32?. The molecule has 1 amide bonds. The van der Waals surface area contributed by atoms with Crippen molar-refractivity contribution >= 4 is 51.7 Å². The number of pyridine rings is 1. The smallest absolute Gasteiger partial charge is 0.326 e. The maximum atomic E-state index is 18.1. The SMILES string of the molecule is C=CC(=O)N1CC2CCOc3c(c4cc(F)c(-c5c(C)ccc6[nH]c(=O)n(C)c56)c(F)c4n(/C(C(=NC)C(C)C)=C(/N=C)C(C)C)c3=O)N2CC1C. The number of carbonyl (C=O) groups is 1. The number of aromatic amines is 1. The number of amides is 1. The highest BCUT2D eigenvalue weighted by Crippen LogP contribution is 2.45. The lowest BCUT2D eigenvalue weighted by atomic mass is 9.94. The number of allylic oxidation sites excluding steroid dienone is 2. The van der Waals surface area contributed by atoms with Crippen molar-refractivity contribution < 1.29 is 18.3 Å². The quantitative estimate of drug-likeness (QED) is 0.185. The molecule has 2 aliphatic rings. The van der Waals surface area contributed by atoms with E-state index in [1.165, 1.54) is 28.3 Å². The molecule has 2 aliphatic heterocycles. The third kappa shape index (κ3) is 5.57. The number of benzene rings is 2. The molecule has 1 saturated heterocycles. The van der Waals surface area contributed by atoms with Gasteiger partial charge in [-0.2, -0.15) is 0 Å². The van der Waals surface area contributed by atoms with Crippen LogP contribution in [0.2, 0.25) is 0 Å². The average Bonchev–Trinajstić information content (AvgIpc) is 3.25. The van der Waals surface area contributed by atoms with Gasteiger partial charge in [0.05, 0.1) is 57.6 Å². The number of imidazole rings is 1. The van der Waals surface area contributed by atoms with Crippen molar-refractivity contribution in [1.29, 1.82) is 0 Å². The number of anilines is 1. The molecule has 0 aliphatic carbocycles. The third-order valence-corrected chi connectivity index (χ3v) is 10.3. The summed E-state index contributed by atoms with van der Waals surface area (Å²) < 4.78 is 43.9. The van der Waals surface area contributed by atoms with Gasteiger partial charge in [0.15, 0.2) is 5.82 Å². The van der Waals surface area contributed by atoms with E-state index in [0.717, 1.165) is 0 Å². The summed E-state index contributed by atoms with van der Waals surface area (Å²) in [5.41, 5.74) is 1.06. The molecular formula is C39H45F2N7O4. The second-order valence-corrected chi connectivity index (χ2v) is 14.2. The molecular weight excluding hydrogens is 668 g/mol. The van der Waals surface area contributed by atoms with Crippen LogP contribution in [-0.4, -0.2) is 76.2 Å². The fraction of sp³-hybridized carbons (Fsp3) is 0.410. The molecule has 2 aromatic heterocycles. The van der Waals surface area contributed by atoms with E-state index in [2.05, 4.69) is 28.3 Å². The molecule has 274 valence electrons. The maximum absolute atomic E-state index is 18.1. The normalized spacial score (nSPS) is 18.3. The number of fused-ring (bicyclic) bond motifs is 6. The molecule has 4 aromatic rings. The number of nitrogens with zero attached hydrogens (tertiary/aromatic N) is 6. The predicted octanol–water partition coefficient (Wildman–Crippen LogP) is 6.06. The molecule has 0 radical (unpaired) electrons. The molecule has 13 heteroatoms. The van der Waals surface area contributed by atoms with Crippen LogP contribution in [-0.2, 0) is 11.8 Å². The largest absolute Gasteiger partial charge is 0.486 e. The molecule has 0 spiro atoms. The van der Waals surface area contributed by atoms with Crippen molar-refractivity contribution in [2.24, 2.45) is 28.9 Å². The Labute approximate surface area is 300 Å². The zero-order valence-corrected chi connectivity index (χ0v) is 30.9. The minimum absolute atomic E-state index is 0.0626. The van der Waals surface area contributed by atoms with Crippen LogP contribution in [0.3, 0.4) is 0 Å². The first kappa shape index (κ1) is 36.5. The van der Waals surface area contributed by atoms with E-state index in [4.69, 9.17) is 4.74 Å². The van der Waals surface area contributed by atoms with Crippen LogP contribution in [0.5, 0.6) is 5.75 Å². The van der Waals surface area contributed by atoms with Crippen LogP contribution in [0.25, 0.3) is 38.8 Å². The molecule has 0 saturated carbocycles. The highest BCUT2D eigenvalue weighted by molar-refractivity contribution is 6.22. The monoisotopic (exact) mass is 713 g/mol. The Morgan fingerprint density at radius 1 is 1.10 bits per heavy atom. The molecule has 1 N–H and O–H groups in total. The highest BCUT2D eigenvalue weighted by Gasteiger charge is 2.40. The van der Waals surface area contributed by atoms with Gasteiger partial charge in [0.1, 0.15) is 5.82 Å². The van der Waals surface area contributed by atoms with Gasteiger partial charge in [0.25, 0.3) is 5.56 Å². The summed E-state index contributed by atoms with van der Waals surface area (Å²) >= 11 is 0. The molecule has 11 nitrogen and oxygen atoms in total. The van der Waals surface area contributed by atoms with Gasteiger partial charge >= 0.3 is 5.69 Å². The van der Waals surface area contributed by atoms with Gasteiger partial charge in [0, 0.05) is 50.6 Å². The highest BCUT2D eigenvalue weighted by atomic mass is 19.1. The lowest BCUT2D eigenvalue weighted by Gasteiger charge is -2.45. The van der Waals surface area contributed by atoms with Crippen molar-refractivity contribution in [3.63, 3.8) is 0 Å². The predicted molar refractivity (Wildman–Crippen MR) is 204 cm³/mol. The number of hydrogen-bond donors (Lipinski definition) is 1. The molecule has 4 heterocycles. The van der Waals surface area contributed by atoms with E-state index in [1.807, 2.05) is 39.5 Å². The minimum atomic E-state index is -1.00. The van der Waals surface area contributed by atoms with Crippen molar-refractivity contribution in [3.05, 3.63) is 74.6 Å². The number of aromatic nitrogens is 3. The zero-order chi connectivity index (χ0) is 37.9. The Morgan fingerprint density at radius 2 is 1.81 bits per heavy atom. The first-order valence-corrected chi connectivity index (χ1v) is 17.5. The Hall–Kier alpha value is -5.33. The summed E-state index contributed by atoms with van der Waals surface area (Å²) in [6.45, 7) is 19.4. The van der Waals surface area contributed by atoms with Gasteiger partial charge in [-0.3, -0.25) is 28.7 Å². The summed E-state index contributed by atoms with van der Waals surface area (Å²) in [5, 5.41) is 0.104. The summed E-state index contributed by atoms with van der Waals surface area (Å²) in [6, 6.07) is 3.98. The second-order valence-electron chi connectivity index (χ2n) is 14.2. The summed E-state index contributed by atoms with van der Waals surface area (Å²) in [4.78, 5) is 56.1. The molecule has 2 atom stereocenters. The van der Waals surface area contributed by atoms with Gasteiger partial charge in [-0.05, 0) is 56.2 Å². The first-order chi connectivity index (χ1) is 24.7. The van der Waals surface area contributed by atoms with Crippen LogP contribution in [0, 0.1) is 30.4 Å². The topological polar surface area (TPSA) is 117 Å².